The molecule has 0 bridgehead atoms. The second-order valence-electron chi connectivity index (χ2n) is 7.38. The predicted octanol–water partition coefficient (Wildman–Crippen LogP) is 3.22. The summed E-state index contributed by atoms with van der Waals surface area (Å²) in [5, 5.41) is 9.06. The lowest BCUT2D eigenvalue weighted by molar-refractivity contribution is -0.139. The number of anilines is 2. The van der Waals surface area contributed by atoms with E-state index in [0.717, 1.165) is 50.5 Å². The number of aliphatic carboxylic acids is 1. The Morgan fingerprint density at radius 3 is 2.46 bits per heavy atom. The molecule has 1 N–H and O–H groups in total. The summed E-state index contributed by atoms with van der Waals surface area (Å²) in [6.45, 7) is 5.84. The van der Waals surface area contributed by atoms with Gasteiger partial charge in [0, 0.05) is 31.5 Å². The van der Waals surface area contributed by atoms with Gasteiger partial charge >= 0.3 is 5.97 Å². The SMILES string of the molecule is CCN(CC(=O)O)C1CCN(Cc2ccc(N(C)c3ccccc3)nc2)CC1. The van der Waals surface area contributed by atoms with Crippen molar-refractivity contribution in [2.24, 2.45) is 0 Å². The van der Waals surface area contributed by atoms with E-state index in [1.807, 2.05) is 38.4 Å². The summed E-state index contributed by atoms with van der Waals surface area (Å²) in [4.78, 5) is 22.2. The Morgan fingerprint density at radius 1 is 1.18 bits per heavy atom. The van der Waals surface area contributed by atoms with Crippen molar-refractivity contribution in [3.8, 4) is 0 Å². The van der Waals surface area contributed by atoms with E-state index in [1.165, 1.54) is 5.56 Å². The van der Waals surface area contributed by atoms with Crippen LogP contribution in [0.4, 0.5) is 11.5 Å². The summed E-state index contributed by atoms with van der Waals surface area (Å²) in [5.41, 5.74) is 2.33. The Morgan fingerprint density at radius 2 is 1.89 bits per heavy atom. The number of aromatic nitrogens is 1. The van der Waals surface area contributed by atoms with Gasteiger partial charge in [0.25, 0.3) is 0 Å². The van der Waals surface area contributed by atoms with Gasteiger partial charge in [-0.2, -0.15) is 0 Å². The number of para-hydroxylation sites is 1. The van der Waals surface area contributed by atoms with Crippen molar-refractivity contribution >= 4 is 17.5 Å². The zero-order valence-electron chi connectivity index (χ0n) is 16.8. The van der Waals surface area contributed by atoms with Gasteiger partial charge in [0.2, 0.25) is 0 Å². The first-order valence-corrected chi connectivity index (χ1v) is 9.98. The van der Waals surface area contributed by atoms with Crippen LogP contribution in [0.25, 0.3) is 0 Å². The quantitative estimate of drug-likeness (QED) is 0.756. The molecule has 2 aromatic rings. The van der Waals surface area contributed by atoms with E-state index in [-0.39, 0.29) is 6.54 Å². The summed E-state index contributed by atoms with van der Waals surface area (Å²) in [6, 6.07) is 14.8. The summed E-state index contributed by atoms with van der Waals surface area (Å²) in [6.07, 6.45) is 4.00. The van der Waals surface area contributed by atoms with Crippen LogP contribution >= 0.6 is 0 Å². The lowest BCUT2D eigenvalue weighted by Gasteiger charge is -2.37. The molecule has 0 spiro atoms. The first-order chi connectivity index (χ1) is 13.6. The average Bonchev–Trinajstić information content (AvgIpc) is 2.73. The molecule has 0 atom stereocenters. The number of piperidine rings is 1. The average molecular weight is 383 g/mol. The molecule has 0 amide bonds. The maximum atomic E-state index is 11.0. The molecule has 1 fully saturated rings. The van der Waals surface area contributed by atoms with Crippen LogP contribution in [0.15, 0.2) is 48.7 Å². The molecule has 0 aliphatic carbocycles. The minimum Gasteiger partial charge on any atom is -0.480 e. The Hall–Kier alpha value is -2.44. The minimum absolute atomic E-state index is 0.140. The second-order valence-corrected chi connectivity index (χ2v) is 7.38. The number of rotatable bonds is 8. The summed E-state index contributed by atoms with van der Waals surface area (Å²) < 4.78 is 0. The highest BCUT2D eigenvalue weighted by Gasteiger charge is 2.25. The number of carboxylic acids is 1. The van der Waals surface area contributed by atoms with Gasteiger partial charge < -0.3 is 10.0 Å². The molecule has 1 aliphatic rings. The van der Waals surface area contributed by atoms with Crippen LogP contribution in [0, 0.1) is 0 Å². The largest absolute Gasteiger partial charge is 0.480 e. The van der Waals surface area contributed by atoms with Gasteiger partial charge in [-0.1, -0.05) is 31.2 Å². The lowest BCUT2D eigenvalue weighted by Crippen LogP contribution is -2.46. The van der Waals surface area contributed by atoms with Crippen molar-refractivity contribution in [1.82, 2.24) is 14.8 Å². The van der Waals surface area contributed by atoms with Crippen LogP contribution in [0.2, 0.25) is 0 Å². The maximum Gasteiger partial charge on any atom is 0.317 e. The monoisotopic (exact) mass is 382 g/mol. The highest BCUT2D eigenvalue weighted by Crippen LogP contribution is 2.22. The Labute approximate surface area is 167 Å². The fraction of sp³-hybridized carbons (Fsp3) is 0.455. The zero-order valence-corrected chi connectivity index (χ0v) is 16.8. The van der Waals surface area contributed by atoms with E-state index >= 15 is 0 Å². The van der Waals surface area contributed by atoms with Crippen molar-refractivity contribution in [2.75, 3.05) is 38.1 Å². The van der Waals surface area contributed by atoms with Gasteiger partial charge in [0.15, 0.2) is 0 Å². The van der Waals surface area contributed by atoms with Crippen molar-refractivity contribution in [3.05, 3.63) is 54.2 Å². The van der Waals surface area contributed by atoms with Crippen LogP contribution < -0.4 is 4.90 Å². The highest BCUT2D eigenvalue weighted by molar-refractivity contribution is 5.69. The van der Waals surface area contributed by atoms with Crippen LogP contribution in [0.1, 0.15) is 25.3 Å². The predicted molar refractivity (Wildman–Crippen MR) is 112 cm³/mol. The third-order valence-electron chi connectivity index (χ3n) is 5.52. The number of benzene rings is 1. The maximum absolute atomic E-state index is 11.0. The van der Waals surface area contributed by atoms with Gasteiger partial charge in [0.05, 0.1) is 6.54 Å². The van der Waals surface area contributed by atoms with Crippen LogP contribution in [0.5, 0.6) is 0 Å². The van der Waals surface area contributed by atoms with E-state index in [4.69, 9.17) is 5.11 Å². The molecular weight excluding hydrogens is 352 g/mol. The standard InChI is InChI=1S/C22H30N4O2/c1-3-26(17-22(27)28)20-11-13-25(14-12-20)16-18-9-10-21(23-15-18)24(2)19-7-5-4-6-8-19/h4-10,15,20H,3,11-14,16-17H2,1-2H3,(H,27,28). The number of likely N-dealkylation sites (tertiary alicyclic amines) is 1. The number of likely N-dealkylation sites (N-methyl/N-ethyl adjacent to an activating group) is 1. The fourth-order valence-corrected chi connectivity index (χ4v) is 3.87. The van der Waals surface area contributed by atoms with Crippen LogP contribution in [-0.4, -0.2) is 65.1 Å². The molecule has 1 aromatic carbocycles. The van der Waals surface area contributed by atoms with Crippen molar-refractivity contribution in [2.45, 2.75) is 32.4 Å². The number of hydrogen-bond acceptors (Lipinski definition) is 5. The number of pyridine rings is 1. The molecule has 1 saturated heterocycles. The summed E-state index contributed by atoms with van der Waals surface area (Å²) >= 11 is 0. The fourth-order valence-electron chi connectivity index (χ4n) is 3.87. The molecule has 150 valence electrons. The number of carboxylic acid groups (broad SMARTS) is 1. The van der Waals surface area contributed by atoms with E-state index < -0.39 is 5.97 Å². The molecule has 1 aromatic heterocycles. The molecule has 6 nitrogen and oxygen atoms in total. The number of hydrogen-bond donors (Lipinski definition) is 1. The van der Waals surface area contributed by atoms with Gasteiger partial charge in [-0.3, -0.25) is 14.6 Å². The Bertz CT molecular complexity index is 743. The molecule has 0 radical (unpaired) electrons. The molecule has 2 heterocycles. The third-order valence-corrected chi connectivity index (χ3v) is 5.52. The van der Waals surface area contributed by atoms with E-state index in [1.54, 1.807) is 0 Å². The van der Waals surface area contributed by atoms with Crippen LogP contribution in [-0.2, 0) is 11.3 Å². The first kappa shape index (κ1) is 20.3. The molecule has 1 aliphatic heterocycles. The van der Waals surface area contributed by atoms with Crippen molar-refractivity contribution in [1.29, 1.82) is 0 Å². The summed E-state index contributed by atoms with van der Waals surface area (Å²) in [5.74, 6) is 0.192. The van der Waals surface area contributed by atoms with E-state index in [0.29, 0.717) is 6.04 Å². The lowest BCUT2D eigenvalue weighted by atomic mass is 10.0. The van der Waals surface area contributed by atoms with E-state index in [9.17, 15) is 4.79 Å². The molecular formula is C22H30N4O2. The topological polar surface area (TPSA) is 59.9 Å². The van der Waals surface area contributed by atoms with Gasteiger partial charge in [-0.15, -0.1) is 0 Å². The number of nitrogens with zero attached hydrogens (tertiary/aromatic N) is 4. The molecule has 0 saturated carbocycles. The van der Waals surface area contributed by atoms with Crippen molar-refractivity contribution in [3.63, 3.8) is 0 Å². The zero-order chi connectivity index (χ0) is 19.9. The smallest absolute Gasteiger partial charge is 0.317 e. The first-order valence-electron chi connectivity index (χ1n) is 9.98. The number of carbonyl (C=O) groups is 1. The van der Waals surface area contributed by atoms with Gasteiger partial charge in [-0.25, -0.2) is 4.98 Å². The minimum atomic E-state index is -0.740. The molecule has 3 rings (SSSR count). The molecule has 28 heavy (non-hydrogen) atoms. The van der Waals surface area contributed by atoms with Gasteiger partial charge in [-0.05, 0) is 56.2 Å². The molecule has 0 unspecified atom stereocenters. The highest BCUT2D eigenvalue weighted by atomic mass is 16.4. The third kappa shape index (κ3) is 5.30. The Balaban J connectivity index is 1.52. The van der Waals surface area contributed by atoms with Gasteiger partial charge in [0.1, 0.15) is 5.82 Å². The second kappa shape index (κ2) is 9.66. The van der Waals surface area contributed by atoms with Crippen molar-refractivity contribution < 1.29 is 9.90 Å². The summed E-state index contributed by atoms with van der Waals surface area (Å²) in [7, 11) is 2.03. The van der Waals surface area contributed by atoms with E-state index in [2.05, 4.69) is 43.9 Å². The van der Waals surface area contributed by atoms with Crippen LogP contribution in [0.3, 0.4) is 0 Å². The normalized spacial score (nSPS) is 15.7. The Kier molecular flexibility index (Phi) is 7.01. The molecule has 6 heteroatoms.